The van der Waals surface area contributed by atoms with Crippen LogP contribution in [0, 0.1) is 20.8 Å². The van der Waals surface area contributed by atoms with Gasteiger partial charge in [0.05, 0.1) is 11.1 Å². The van der Waals surface area contributed by atoms with E-state index in [1.165, 1.54) is 18.2 Å². The molecule has 0 aliphatic heterocycles. The molecule has 2 rings (SSSR count). The van der Waals surface area contributed by atoms with Crippen molar-refractivity contribution in [1.82, 2.24) is 0 Å². The molecule has 0 atom stereocenters. The molecule has 0 fully saturated rings. The summed E-state index contributed by atoms with van der Waals surface area (Å²) in [6.45, 7) is 5.94. The van der Waals surface area contributed by atoms with E-state index in [1.807, 2.05) is 26.8 Å². The minimum Gasteiger partial charge on any atom is -0.478 e. The molecule has 0 amide bonds. The van der Waals surface area contributed by atoms with Crippen LogP contribution < -0.4 is 11.5 Å². The molecule has 6 heteroatoms. The van der Waals surface area contributed by atoms with Crippen molar-refractivity contribution in [3.63, 3.8) is 0 Å². The molecule has 2 aromatic carbocycles. The maximum Gasteiger partial charge on any atom is 0.335 e. The highest BCUT2D eigenvalue weighted by atomic mass is 16.4. The van der Waals surface area contributed by atoms with E-state index in [9.17, 15) is 9.59 Å². The average molecular weight is 316 g/mol. The van der Waals surface area contributed by atoms with Gasteiger partial charge in [0, 0.05) is 11.4 Å². The van der Waals surface area contributed by atoms with E-state index in [4.69, 9.17) is 21.7 Å². The number of carboxylic acids is 2. The lowest BCUT2D eigenvalue weighted by atomic mass is 10.0. The molecule has 0 unspecified atom stereocenters. The van der Waals surface area contributed by atoms with Gasteiger partial charge in [-0.2, -0.15) is 0 Å². The van der Waals surface area contributed by atoms with Crippen LogP contribution in [-0.2, 0) is 0 Å². The number of carbonyl (C=O) groups is 2. The Morgan fingerprint density at radius 3 is 1.57 bits per heavy atom. The number of benzene rings is 2. The number of anilines is 2. The van der Waals surface area contributed by atoms with Gasteiger partial charge in [0.2, 0.25) is 0 Å². The molecule has 0 bridgehead atoms. The van der Waals surface area contributed by atoms with Crippen LogP contribution in [0.2, 0.25) is 0 Å². The molecule has 0 saturated heterocycles. The Bertz CT molecular complexity index is 699. The average Bonchev–Trinajstić information content (AvgIpc) is 2.51. The summed E-state index contributed by atoms with van der Waals surface area (Å²) in [5, 5.41) is 17.0. The van der Waals surface area contributed by atoms with Crippen molar-refractivity contribution < 1.29 is 19.8 Å². The molecule has 2 aromatic rings. The van der Waals surface area contributed by atoms with Crippen molar-refractivity contribution in [2.45, 2.75) is 20.8 Å². The van der Waals surface area contributed by atoms with Crippen molar-refractivity contribution in [2.75, 3.05) is 11.5 Å². The molecule has 0 aliphatic carbocycles. The first kappa shape index (κ1) is 18.0. The zero-order valence-corrected chi connectivity index (χ0v) is 13.3. The lowest BCUT2D eigenvalue weighted by Crippen LogP contribution is -2.01. The number of rotatable bonds is 2. The summed E-state index contributed by atoms with van der Waals surface area (Å²) < 4.78 is 0. The third-order valence-electron chi connectivity index (χ3n) is 3.45. The summed E-state index contributed by atoms with van der Waals surface area (Å²) in [6.07, 6.45) is 0. The Kier molecular flexibility index (Phi) is 5.73. The molecule has 0 heterocycles. The van der Waals surface area contributed by atoms with Crippen molar-refractivity contribution in [3.8, 4) is 0 Å². The first-order chi connectivity index (χ1) is 10.6. The van der Waals surface area contributed by atoms with E-state index in [-0.39, 0.29) is 11.1 Å². The highest BCUT2D eigenvalue weighted by Crippen LogP contribution is 2.25. The van der Waals surface area contributed by atoms with E-state index in [2.05, 4.69) is 0 Å². The van der Waals surface area contributed by atoms with Gasteiger partial charge in [-0.05, 0) is 55.7 Å². The van der Waals surface area contributed by atoms with Crippen LogP contribution in [0.4, 0.5) is 11.4 Å². The molecule has 0 radical (unpaired) electrons. The Balaban J connectivity index is 0.000000231. The lowest BCUT2D eigenvalue weighted by molar-refractivity contribution is 0.0696. The van der Waals surface area contributed by atoms with Gasteiger partial charge in [-0.3, -0.25) is 0 Å². The van der Waals surface area contributed by atoms with E-state index >= 15 is 0 Å². The predicted octanol–water partition coefficient (Wildman–Crippen LogP) is 2.86. The first-order valence-electron chi connectivity index (χ1n) is 6.83. The molecule has 0 saturated carbocycles. The second-order valence-electron chi connectivity index (χ2n) is 5.15. The zero-order chi connectivity index (χ0) is 17.7. The standard InChI is InChI=1S/C9H14N2.C8H6O4/c1-5-4-6(2)9(11)7(3)8(5)10;9-7(10)5-2-1-3-6(4-5)8(11)12/h4H,10-11H2,1-3H3;1-4H,(H,9,10)(H,11,12). The van der Waals surface area contributed by atoms with Crippen molar-refractivity contribution >= 4 is 23.3 Å². The Labute approximate surface area is 134 Å². The lowest BCUT2D eigenvalue weighted by Gasteiger charge is -2.09. The third kappa shape index (κ3) is 4.47. The monoisotopic (exact) mass is 316 g/mol. The maximum atomic E-state index is 10.4. The largest absolute Gasteiger partial charge is 0.478 e. The summed E-state index contributed by atoms with van der Waals surface area (Å²) >= 11 is 0. The number of carboxylic acid groups (broad SMARTS) is 2. The number of hydrogen-bond acceptors (Lipinski definition) is 4. The molecular weight excluding hydrogens is 296 g/mol. The summed E-state index contributed by atoms with van der Waals surface area (Å²) in [5.41, 5.74) is 16.3. The fourth-order valence-corrected chi connectivity index (χ4v) is 2.00. The summed E-state index contributed by atoms with van der Waals surface area (Å²) in [4.78, 5) is 20.8. The third-order valence-corrected chi connectivity index (χ3v) is 3.45. The molecule has 122 valence electrons. The fraction of sp³-hybridized carbons (Fsp3) is 0.176. The number of aromatic carboxylic acids is 2. The summed E-state index contributed by atoms with van der Waals surface area (Å²) in [6, 6.07) is 7.21. The van der Waals surface area contributed by atoms with Crippen LogP contribution in [0.25, 0.3) is 0 Å². The van der Waals surface area contributed by atoms with E-state index in [0.717, 1.165) is 34.1 Å². The van der Waals surface area contributed by atoms with Crippen molar-refractivity contribution in [3.05, 3.63) is 58.1 Å². The zero-order valence-electron chi connectivity index (χ0n) is 13.3. The van der Waals surface area contributed by atoms with Crippen molar-refractivity contribution in [1.29, 1.82) is 0 Å². The minimum atomic E-state index is -1.13. The summed E-state index contributed by atoms with van der Waals surface area (Å²) in [7, 11) is 0. The fourth-order valence-electron chi connectivity index (χ4n) is 2.00. The van der Waals surface area contributed by atoms with Gasteiger partial charge < -0.3 is 21.7 Å². The van der Waals surface area contributed by atoms with Gasteiger partial charge in [0.25, 0.3) is 0 Å². The number of aryl methyl sites for hydroxylation is 2. The molecule has 6 nitrogen and oxygen atoms in total. The second kappa shape index (κ2) is 7.31. The van der Waals surface area contributed by atoms with Crippen LogP contribution in [0.15, 0.2) is 30.3 Å². The smallest absolute Gasteiger partial charge is 0.335 e. The van der Waals surface area contributed by atoms with Gasteiger partial charge in [-0.15, -0.1) is 0 Å². The highest BCUT2D eigenvalue weighted by molar-refractivity contribution is 5.93. The topological polar surface area (TPSA) is 127 Å². The normalized spacial score (nSPS) is 9.70. The Hall–Kier alpha value is -3.02. The Morgan fingerprint density at radius 1 is 0.826 bits per heavy atom. The SMILES string of the molecule is Cc1cc(C)c(N)c(C)c1N.O=C(O)c1cccc(C(=O)O)c1. The van der Waals surface area contributed by atoms with E-state index < -0.39 is 11.9 Å². The molecule has 0 aromatic heterocycles. The molecular formula is C17H20N2O4. The van der Waals surface area contributed by atoms with Crippen LogP contribution in [0.3, 0.4) is 0 Å². The van der Waals surface area contributed by atoms with Gasteiger partial charge in [-0.1, -0.05) is 12.1 Å². The van der Waals surface area contributed by atoms with Crippen LogP contribution in [0.5, 0.6) is 0 Å². The van der Waals surface area contributed by atoms with E-state index in [1.54, 1.807) is 0 Å². The quantitative estimate of drug-likeness (QED) is 0.631. The molecule has 0 aliphatic rings. The van der Waals surface area contributed by atoms with E-state index in [0.29, 0.717) is 0 Å². The van der Waals surface area contributed by atoms with Gasteiger partial charge in [-0.25, -0.2) is 9.59 Å². The molecule has 0 spiro atoms. The van der Waals surface area contributed by atoms with Gasteiger partial charge >= 0.3 is 11.9 Å². The number of nitrogen functional groups attached to an aromatic ring is 2. The predicted molar refractivity (Wildman–Crippen MR) is 89.8 cm³/mol. The highest BCUT2D eigenvalue weighted by Gasteiger charge is 2.06. The van der Waals surface area contributed by atoms with Crippen LogP contribution in [0.1, 0.15) is 37.4 Å². The number of nitrogens with two attached hydrogens (primary N) is 2. The van der Waals surface area contributed by atoms with Crippen molar-refractivity contribution in [2.24, 2.45) is 0 Å². The van der Waals surface area contributed by atoms with Crippen LogP contribution >= 0.6 is 0 Å². The first-order valence-corrected chi connectivity index (χ1v) is 6.83. The molecule has 23 heavy (non-hydrogen) atoms. The number of hydrogen-bond donors (Lipinski definition) is 4. The molecule has 6 N–H and O–H groups in total. The van der Waals surface area contributed by atoms with Gasteiger partial charge in [0.1, 0.15) is 0 Å². The Morgan fingerprint density at radius 2 is 1.22 bits per heavy atom. The minimum absolute atomic E-state index is 0.0186. The summed E-state index contributed by atoms with van der Waals surface area (Å²) in [5.74, 6) is -2.25. The second-order valence-corrected chi connectivity index (χ2v) is 5.15. The van der Waals surface area contributed by atoms with Gasteiger partial charge in [0.15, 0.2) is 0 Å². The van der Waals surface area contributed by atoms with Crippen LogP contribution in [-0.4, -0.2) is 22.2 Å². The maximum absolute atomic E-state index is 10.4.